The van der Waals surface area contributed by atoms with Gasteiger partial charge in [-0.05, 0) is 41.7 Å². The zero-order chi connectivity index (χ0) is 22.4. The quantitative estimate of drug-likeness (QED) is 0.269. The van der Waals surface area contributed by atoms with Gasteiger partial charge in [-0.1, -0.05) is 89.3 Å². The van der Waals surface area contributed by atoms with Crippen molar-refractivity contribution < 1.29 is 22.0 Å². The fourth-order valence-electron chi connectivity index (χ4n) is 5.01. The molecule has 0 aliphatic heterocycles. The van der Waals surface area contributed by atoms with Crippen LogP contribution in [0, 0.1) is 23.5 Å². The maximum Gasteiger partial charge on any atom is 0.422 e. The van der Waals surface area contributed by atoms with Crippen LogP contribution in [0.1, 0.15) is 88.7 Å². The number of rotatable bonds is 9. The van der Waals surface area contributed by atoms with E-state index in [1.165, 1.54) is 70.3 Å². The first-order chi connectivity index (χ1) is 14.8. The second-order valence-electron chi connectivity index (χ2n) is 9.23. The standard InChI is InChI=1S/C26H33F5/c1-2-3-4-5-6-7-18-8-10-19(11-9-18)12-13-20-14-15-22-21(16-20)17-23(27)24(25(22)28)26(29,30)31/h14-19H,2-13H2,1H3. The summed E-state index contributed by atoms with van der Waals surface area (Å²) in [6, 6.07) is 5.45. The number of hydrogen-bond acceptors (Lipinski definition) is 0. The smallest absolute Gasteiger partial charge is 0.206 e. The third-order valence-corrected chi connectivity index (χ3v) is 6.90. The molecule has 0 unspecified atom stereocenters. The number of halogens is 5. The molecule has 0 amide bonds. The van der Waals surface area contributed by atoms with Gasteiger partial charge in [0.15, 0.2) is 0 Å². The first-order valence-electron chi connectivity index (χ1n) is 11.8. The van der Waals surface area contributed by atoms with Gasteiger partial charge in [-0.2, -0.15) is 13.2 Å². The molecule has 2 aromatic carbocycles. The van der Waals surface area contributed by atoms with Crippen molar-refractivity contribution in [3.63, 3.8) is 0 Å². The zero-order valence-electron chi connectivity index (χ0n) is 18.3. The van der Waals surface area contributed by atoms with Gasteiger partial charge >= 0.3 is 6.18 Å². The van der Waals surface area contributed by atoms with Crippen LogP contribution in [0.3, 0.4) is 0 Å². The van der Waals surface area contributed by atoms with E-state index in [-0.39, 0.29) is 10.8 Å². The summed E-state index contributed by atoms with van der Waals surface area (Å²) in [6.07, 6.45) is 9.78. The Morgan fingerprint density at radius 1 is 0.839 bits per heavy atom. The van der Waals surface area contributed by atoms with E-state index in [0.717, 1.165) is 30.4 Å². The highest BCUT2D eigenvalue weighted by molar-refractivity contribution is 5.85. The van der Waals surface area contributed by atoms with Crippen LogP contribution < -0.4 is 0 Å². The summed E-state index contributed by atoms with van der Waals surface area (Å²) in [7, 11) is 0. The van der Waals surface area contributed by atoms with Crippen LogP contribution in [-0.4, -0.2) is 0 Å². The molecule has 0 radical (unpaired) electrons. The minimum atomic E-state index is -5.05. The fourth-order valence-corrected chi connectivity index (χ4v) is 5.01. The zero-order valence-corrected chi connectivity index (χ0v) is 18.3. The summed E-state index contributed by atoms with van der Waals surface area (Å²) in [4.78, 5) is 0. The van der Waals surface area contributed by atoms with E-state index in [9.17, 15) is 22.0 Å². The Bertz CT molecular complexity index is 847. The molecule has 0 spiro atoms. The summed E-state index contributed by atoms with van der Waals surface area (Å²) in [5.74, 6) is -1.56. The molecule has 1 aliphatic carbocycles. The molecule has 1 saturated carbocycles. The van der Waals surface area contributed by atoms with E-state index in [2.05, 4.69) is 6.92 Å². The van der Waals surface area contributed by atoms with E-state index in [1.807, 2.05) is 0 Å². The lowest BCUT2D eigenvalue weighted by Gasteiger charge is -2.28. The number of alkyl halides is 3. The first kappa shape index (κ1) is 24.0. The molecule has 5 heteroatoms. The molecule has 31 heavy (non-hydrogen) atoms. The van der Waals surface area contributed by atoms with Crippen molar-refractivity contribution in [3.05, 3.63) is 47.0 Å². The fraction of sp³-hybridized carbons (Fsp3) is 0.615. The molecule has 1 fully saturated rings. The van der Waals surface area contributed by atoms with Crippen molar-refractivity contribution in [2.45, 2.75) is 90.1 Å². The van der Waals surface area contributed by atoms with Gasteiger partial charge in [0.05, 0.1) is 0 Å². The van der Waals surface area contributed by atoms with Crippen molar-refractivity contribution in [2.24, 2.45) is 11.8 Å². The van der Waals surface area contributed by atoms with Crippen LogP contribution in [0.5, 0.6) is 0 Å². The first-order valence-corrected chi connectivity index (χ1v) is 11.8. The topological polar surface area (TPSA) is 0 Å². The average molecular weight is 441 g/mol. The monoisotopic (exact) mass is 440 g/mol. The van der Waals surface area contributed by atoms with Crippen molar-refractivity contribution in [3.8, 4) is 0 Å². The predicted octanol–water partition coefficient (Wildman–Crippen LogP) is 9.24. The van der Waals surface area contributed by atoms with Crippen molar-refractivity contribution in [2.75, 3.05) is 0 Å². The van der Waals surface area contributed by atoms with E-state index in [1.54, 1.807) is 12.1 Å². The summed E-state index contributed by atoms with van der Waals surface area (Å²) in [5, 5.41) is 0.00389. The Labute approximate surface area is 182 Å². The molecule has 3 rings (SSSR count). The molecule has 2 aromatic rings. The van der Waals surface area contributed by atoms with Gasteiger partial charge in [-0.3, -0.25) is 0 Å². The largest absolute Gasteiger partial charge is 0.422 e. The molecule has 0 heterocycles. The van der Waals surface area contributed by atoms with E-state index < -0.39 is 23.4 Å². The molecule has 0 bridgehead atoms. The van der Waals surface area contributed by atoms with Crippen molar-refractivity contribution in [1.29, 1.82) is 0 Å². The Morgan fingerprint density at radius 2 is 1.48 bits per heavy atom. The highest BCUT2D eigenvalue weighted by Crippen LogP contribution is 2.38. The normalized spacial score (nSPS) is 19.8. The summed E-state index contributed by atoms with van der Waals surface area (Å²) < 4.78 is 66.9. The lowest BCUT2D eigenvalue weighted by atomic mass is 9.77. The summed E-state index contributed by atoms with van der Waals surface area (Å²) in [5.41, 5.74) is -0.890. The molecule has 0 saturated heterocycles. The maximum atomic E-state index is 14.3. The van der Waals surface area contributed by atoms with Gasteiger partial charge < -0.3 is 0 Å². The van der Waals surface area contributed by atoms with Crippen LogP contribution in [0.15, 0.2) is 24.3 Å². The Hall–Kier alpha value is -1.65. The number of unbranched alkanes of at least 4 members (excludes halogenated alkanes) is 4. The third kappa shape index (κ3) is 6.43. The molecular formula is C26H33F5. The SMILES string of the molecule is CCCCCCCC1CCC(CCc2ccc3c(F)c(C(F)(F)F)c(F)cc3c2)CC1. The average Bonchev–Trinajstić information content (AvgIpc) is 2.71. The van der Waals surface area contributed by atoms with Gasteiger partial charge in [0.2, 0.25) is 0 Å². The lowest BCUT2D eigenvalue weighted by Crippen LogP contribution is -2.15. The summed E-state index contributed by atoms with van der Waals surface area (Å²) in [6.45, 7) is 2.24. The van der Waals surface area contributed by atoms with Gasteiger partial charge in [-0.15, -0.1) is 0 Å². The number of fused-ring (bicyclic) bond motifs is 1. The molecule has 0 N–H and O–H groups in total. The van der Waals surface area contributed by atoms with Crippen LogP contribution in [0.4, 0.5) is 22.0 Å². The molecular weight excluding hydrogens is 407 g/mol. The van der Waals surface area contributed by atoms with Crippen molar-refractivity contribution >= 4 is 10.8 Å². The second-order valence-corrected chi connectivity index (χ2v) is 9.23. The highest BCUT2D eigenvalue weighted by Gasteiger charge is 2.38. The Morgan fingerprint density at radius 3 is 2.13 bits per heavy atom. The molecule has 0 aromatic heterocycles. The molecule has 1 aliphatic rings. The van der Waals surface area contributed by atoms with Crippen LogP contribution in [0.25, 0.3) is 10.8 Å². The minimum absolute atomic E-state index is 0.183. The van der Waals surface area contributed by atoms with Crippen molar-refractivity contribution in [1.82, 2.24) is 0 Å². The maximum absolute atomic E-state index is 14.3. The Kier molecular flexibility index (Phi) is 8.35. The van der Waals surface area contributed by atoms with Crippen LogP contribution in [-0.2, 0) is 12.6 Å². The molecule has 0 atom stereocenters. The lowest BCUT2D eigenvalue weighted by molar-refractivity contribution is -0.142. The van der Waals surface area contributed by atoms with Gasteiger partial charge in [-0.25, -0.2) is 8.78 Å². The molecule has 0 nitrogen and oxygen atoms in total. The van der Waals surface area contributed by atoms with E-state index in [0.29, 0.717) is 5.92 Å². The van der Waals surface area contributed by atoms with Gasteiger partial charge in [0, 0.05) is 5.39 Å². The summed E-state index contributed by atoms with van der Waals surface area (Å²) >= 11 is 0. The van der Waals surface area contributed by atoms with Crippen LogP contribution in [0.2, 0.25) is 0 Å². The number of hydrogen-bond donors (Lipinski definition) is 0. The van der Waals surface area contributed by atoms with Crippen LogP contribution >= 0.6 is 0 Å². The third-order valence-electron chi connectivity index (χ3n) is 6.90. The Balaban J connectivity index is 1.52. The van der Waals surface area contributed by atoms with E-state index >= 15 is 0 Å². The predicted molar refractivity (Wildman–Crippen MR) is 116 cm³/mol. The minimum Gasteiger partial charge on any atom is -0.206 e. The van der Waals surface area contributed by atoms with Gasteiger partial charge in [0.25, 0.3) is 0 Å². The second kappa shape index (κ2) is 10.8. The van der Waals surface area contributed by atoms with Gasteiger partial charge in [0.1, 0.15) is 17.2 Å². The molecule has 172 valence electrons. The van der Waals surface area contributed by atoms with E-state index in [4.69, 9.17) is 0 Å². The number of benzene rings is 2. The highest BCUT2D eigenvalue weighted by atomic mass is 19.4. The number of aryl methyl sites for hydroxylation is 1.